The minimum atomic E-state index is -1.67. The van der Waals surface area contributed by atoms with E-state index in [-0.39, 0.29) is 11.9 Å². The van der Waals surface area contributed by atoms with Crippen molar-refractivity contribution in [3.63, 3.8) is 0 Å². The van der Waals surface area contributed by atoms with Crippen molar-refractivity contribution in [2.45, 2.75) is 9.83 Å². The molecule has 1 aromatic heterocycles. The highest BCUT2D eigenvalue weighted by atomic mass is 127. The van der Waals surface area contributed by atoms with E-state index in [1.807, 2.05) is 46.4 Å². The molecule has 9 heteroatoms. The summed E-state index contributed by atoms with van der Waals surface area (Å²) in [5, 5.41) is 4.42. The number of fused-ring (bicyclic) bond motifs is 1. The lowest BCUT2D eigenvalue weighted by Crippen LogP contribution is -2.40. The second kappa shape index (κ2) is 8.71. The van der Waals surface area contributed by atoms with Crippen molar-refractivity contribution in [1.29, 1.82) is 0 Å². The van der Waals surface area contributed by atoms with E-state index in [4.69, 9.17) is 34.8 Å². The number of hydrogen-bond acceptors (Lipinski definition) is 5. The molecule has 1 heterocycles. The maximum atomic E-state index is 6.03. The Balaban J connectivity index is 2.50. The average Bonchev–Trinajstić information content (AvgIpc) is 2.45. The Hall–Kier alpha value is -0.120. The third kappa shape index (κ3) is 6.22. The van der Waals surface area contributed by atoms with Gasteiger partial charge in [-0.05, 0) is 69.0 Å². The van der Waals surface area contributed by atoms with E-state index in [9.17, 15) is 0 Å². The van der Waals surface area contributed by atoms with Crippen molar-refractivity contribution < 1.29 is 0 Å². The normalized spacial score (nSPS) is 12.6. The first-order valence-electron chi connectivity index (χ1n) is 7.66. The smallest absolute Gasteiger partial charge is 0.250 e. The summed E-state index contributed by atoms with van der Waals surface area (Å²) in [6.45, 7) is 1.69. The van der Waals surface area contributed by atoms with E-state index in [1.54, 1.807) is 0 Å². The first-order valence-corrected chi connectivity index (χ1v) is 9.88. The summed E-state index contributed by atoms with van der Waals surface area (Å²) >= 11 is 20.3. The molecule has 0 bridgehead atoms. The first kappa shape index (κ1) is 21.2. The highest BCUT2D eigenvalue weighted by Gasteiger charge is 2.28. The molecule has 0 aliphatic carbocycles. The van der Waals surface area contributed by atoms with E-state index in [1.165, 1.54) is 0 Å². The fourth-order valence-electron chi connectivity index (χ4n) is 2.56. The summed E-state index contributed by atoms with van der Waals surface area (Å²) in [6.07, 6.45) is 0. The largest absolute Gasteiger partial charge is 0.364 e. The van der Waals surface area contributed by atoms with E-state index >= 15 is 0 Å². The van der Waals surface area contributed by atoms with Crippen LogP contribution in [0.5, 0.6) is 0 Å². The fraction of sp³-hybridized carbons (Fsp3) is 0.500. The van der Waals surface area contributed by atoms with Gasteiger partial charge in [-0.25, -0.2) is 9.97 Å². The van der Waals surface area contributed by atoms with Crippen molar-refractivity contribution in [2.24, 2.45) is 0 Å². The van der Waals surface area contributed by atoms with E-state index in [0.717, 1.165) is 27.6 Å². The molecule has 0 atom stereocenters. The van der Waals surface area contributed by atoms with Crippen LogP contribution in [0.25, 0.3) is 10.9 Å². The zero-order chi connectivity index (χ0) is 18.8. The van der Waals surface area contributed by atoms with E-state index in [2.05, 4.69) is 47.7 Å². The van der Waals surface area contributed by atoms with E-state index in [0.29, 0.717) is 5.82 Å². The van der Waals surface area contributed by atoms with Crippen LogP contribution in [0.4, 0.5) is 5.82 Å². The molecule has 0 aliphatic heterocycles. The van der Waals surface area contributed by atoms with Crippen LogP contribution in [0.1, 0.15) is 5.82 Å². The van der Waals surface area contributed by atoms with Crippen LogP contribution in [0.2, 0.25) is 0 Å². The lowest BCUT2D eigenvalue weighted by Gasteiger charge is -2.26. The monoisotopic (exact) mass is 515 g/mol. The third-order valence-electron chi connectivity index (χ3n) is 3.42. The Kier molecular flexibility index (Phi) is 7.38. The second-order valence-electron chi connectivity index (χ2n) is 6.42. The minimum absolute atomic E-state index is 0.157. The van der Waals surface area contributed by atoms with Gasteiger partial charge in [0.05, 0.1) is 11.6 Å². The molecule has 138 valence electrons. The van der Waals surface area contributed by atoms with Crippen LogP contribution in [-0.4, -0.2) is 67.1 Å². The lowest BCUT2D eigenvalue weighted by atomic mass is 10.2. The molecule has 0 amide bonds. The van der Waals surface area contributed by atoms with Gasteiger partial charge in [0.15, 0.2) is 5.82 Å². The molecule has 1 N–H and O–H groups in total. The zero-order valence-corrected chi connectivity index (χ0v) is 18.9. The van der Waals surface area contributed by atoms with Crippen molar-refractivity contribution in [3.8, 4) is 0 Å². The minimum Gasteiger partial charge on any atom is -0.364 e. The summed E-state index contributed by atoms with van der Waals surface area (Å²) in [5.41, 5.74) is 0.743. The summed E-state index contributed by atoms with van der Waals surface area (Å²) in [4.78, 5) is 13.2. The number of likely N-dealkylation sites (N-methyl/N-ethyl adjacent to an activating group) is 2. The standard InChI is InChI=1S/C16H21Cl3IN5/c1-24(2)8-11(9-25(3)4)21-14-12-7-10(20)5-6-13(12)22-15(23-14)16(17,18)19/h5-7,11H,8-9H2,1-4H3,(H,21,22,23). The SMILES string of the molecule is CN(C)CC(CN(C)C)Nc1nc(C(Cl)(Cl)Cl)nc2ccc(I)cc12. The molecule has 5 nitrogen and oxygen atoms in total. The zero-order valence-electron chi connectivity index (χ0n) is 14.5. The van der Waals surface area contributed by atoms with Crippen LogP contribution < -0.4 is 5.32 Å². The number of aromatic nitrogens is 2. The highest BCUT2D eigenvalue weighted by molar-refractivity contribution is 14.1. The number of hydrogen-bond donors (Lipinski definition) is 1. The molecule has 0 spiro atoms. The molecule has 2 rings (SSSR count). The Bertz CT molecular complexity index is 724. The van der Waals surface area contributed by atoms with Gasteiger partial charge in [-0.3, -0.25) is 0 Å². The molecule has 0 aliphatic rings. The molecule has 0 saturated heterocycles. The van der Waals surface area contributed by atoms with Gasteiger partial charge in [-0.15, -0.1) is 0 Å². The number of anilines is 1. The Morgan fingerprint density at radius 2 is 1.68 bits per heavy atom. The van der Waals surface area contributed by atoms with Crippen molar-refractivity contribution in [1.82, 2.24) is 19.8 Å². The Labute approximate surface area is 177 Å². The third-order valence-corrected chi connectivity index (χ3v) is 4.60. The van der Waals surface area contributed by atoms with Crippen molar-refractivity contribution >= 4 is 74.1 Å². The summed E-state index contributed by atoms with van der Waals surface area (Å²) in [5.74, 6) is 0.848. The predicted octanol–water partition coefficient (Wildman–Crippen LogP) is 3.96. The molecule has 25 heavy (non-hydrogen) atoms. The van der Waals surface area contributed by atoms with Crippen LogP contribution >= 0.6 is 57.4 Å². The van der Waals surface area contributed by atoms with Crippen molar-refractivity contribution in [3.05, 3.63) is 27.6 Å². The van der Waals surface area contributed by atoms with Crippen LogP contribution in [-0.2, 0) is 3.79 Å². The van der Waals surface area contributed by atoms with Gasteiger partial charge in [0.25, 0.3) is 0 Å². The van der Waals surface area contributed by atoms with E-state index < -0.39 is 3.79 Å². The van der Waals surface area contributed by atoms with Gasteiger partial charge in [0.2, 0.25) is 3.79 Å². The topological polar surface area (TPSA) is 44.3 Å². The Morgan fingerprint density at radius 1 is 1.08 bits per heavy atom. The van der Waals surface area contributed by atoms with Gasteiger partial charge >= 0.3 is 0 Å². The van der Waals surface area contributed by atoms with Crippen LogP contribution in [0.15, 0.2) is 18.2 Å². The fourth-order valence-corrected chi connectivity index (χ4v) is 3.31. The molecule has 1 aromatic carbocycles. The summed E-state index contributed by atoms with van der Waals surface area (Å²) in [7, 11) is 8.16. The van der Waals surface area contributed by atoms with Gasteiger partial charge < -0.3 is 15.1 Å². The maximum Gasteiger partial charge on any atom is 0.250 e. The predicted molar refractivity (Wildman–Crippen MR) is 116 cm³/mol. The van der Waals surface area contributed by atoms with Crippen LogP contribution in [0.3, 0.4) is 0 Å². The maximum absolute atomic E-state index is 6.03. The number of nitrogens with one attached hydrogen (secondary N) is 1. The summed E-state index contributed by atoms with van der Waals surface area (Å²) < 4.78 is -0.582. The molecule has 0 fully saturated rings. The van der Waals surface area contributed by atoms with Crippen LogP contribution in [0, 0.1) is 3.57 Å². The number of alkyl halides is 3. The lowest BCUT2D eigenvalue weighted by molar-refractivity contribution is 0.319. The molecule has 0 saturated carbocycles. The molecule has 0 radical (unpaired) electrons. The van der Waals surface area contributed by atoms with Gasteiger partial charge in [0, 0.05) is 22.0 Å². The van der Waals surface area contributed by atoms with Gasteiger partial charge in [-0.2, -0.15) is 0 Å². The first-order chi connectivity index (χ1) is 11.6. The second-order valence-corrected chi connectivity index (χ2v) is 9.95. The van der Waals surface area contributed by atoms with Gasteiger partial charge in [-0.1, -0.05) is 34.8 Å². The number of benzene rings is 1. The van der Waals surface area contributed by atoms with Crippen molar-refractivity contribution in [2.75, 3.05) is 46.6 Å². The number of halogens is 4. The quantitative estimate of drug-likeness (QED) is 0.465. The molecular formula is C16H21Cl3IN5. The number of rotatable bonds is 6. The Morgan fingerprint density at radius 3 is 2.20 bits per heavy atom. The molecular weight excluding hydrogens is 495 g/mol. The average molecular weight is 517 g/mol. The highest BCUT2D eigenvalue weighted by Crippen LogP contribution is 2.38. The van der Waals surface area contributed by atoms with Gasteiger partial charge in [0.1, 0.15) is 5.82 Å². The summed E-state index contributed by atoms with van der Waals surface area (Å²) in [6, 6.07) is 6.07. The molecule has 2 aromatic rings. The molecule has 0 unspecified atom stereocenters. The number of nitrogens with zero attached hydrogens (tertiary/aromatic N) is 4.